The quantitative estimate of drug-likeness (QED) is 0.805. The molecule has 0 spiro atoms. The van der Waals surface area contributed by atoms with E-state index in [9.17, 15) is 5.11 Å². The molecule has 0 aliphatic carbocycles. The molecule has 0 radical (unpaired) electrons. The molecule has 1 atom stereocenters. The molecular formula is C14H22N2O2. The first-order valence-corrected chi connectivity index (χ1v) is 6.54. The van der Waals surface area contributed by atoms with Crippen LogP contribution >= 0.6 is 0 Å². The molecule has 100 valence electrons. The van der Waals surface area contributed by atoms with Crippen molar-refractivity contribution in [2.45, 2.75) is 13.0 Å². The van der Waals surface area contributed by atoms with Crippen LogP contribution in [0.15, 0.2) is 24.3 Å². The molecule has 2 N–H and O–H groups in total. The first-order valence-electron chi connectivity index (χ1n) is 6.54. The average molecular weight is 250 g/mol. The van der Waals surface area contributed by atoms with E-state index in [2.05, 4.69) is 17.1 Å². The zero-order valence-corrected chi connectivity index (χ0v) is 10.9. The lowest BCUT2D eigenvalue weighted by Crippen LogP contribution is -2.51. The second-order valence-electron chi connectivity index (χ2n) is 4.75. The van der Waals surface area contributed by atoms with Gasteiger partial charge in [0.15, 0.2) is 0 Å². The molecule has 0 saturated carbocycles. The largest absolute Gasteiger partial charge is 0.492 e. The van der Waals surface area contributed by atoms with Crippen molar-refractivity contribution in [1.29, 1.82) is 0 Å². The third kappa shape index (κ3) is 3.70. The van der Waals surface area contributed by atoms with E-state index in [1.807, 2.05) is 24.3 Å². The fourth-order valence-electron chi connectivity index (χ4n) is 2.15. The SMILES string of the molecule is Cc1ccc(OCC(CO)N2CCNCC2)cc1. The first-order chi connectivity index (χ1) is 8.79. The molecule has 1 aromatic carbocycles. The Morgan fingerprint density at radius 1 is 1.28 bits per heavy atom. The Hall–Kier alpha value is -1.10. The van der Waals surface area contributed by atoms with E-state index in [0.717, 1.165) is 31.9 Å². The van der Waals surface area contributed by atoms with Crippen LogP contribution in [0.25, 0.3) is 0 Å². The number of ether oxygens (including phenoxy) is 1. The van der Waals surface area contributed by atoms with E-state index in [-0.39, 0.29) is 12.6 Å². The molecule has 1 aliphatic heterocycles. The van der Waals surface area contributed by atoms with Gasteiger partial charge < -0.3 is 15.2 Å². The van der Waals surface area contributed by atoms with Gasteiger partial charge in [0.25, 0.3) is 0 Å². The number of hydrogen-bond donors (Lipinski definition) is 2. The molecule has 0 bridgehead atoms. The second kappa shape index (κ2) is 6.73. The number of aliphatic hydroxyl groups excluding tert-OH is 1. The highest BCUT2D eigenvalue weighted by atomic mass is 16.5. The summed E-state index contributed by atoms with van der Waals surface area (Å²) >= 11 is 0. The summed E-state index contributed by atoms with van der Waals surface area (Å²) in [5.41, 5.74) is 1.23. The maximum atomic E-state index is 9.46. The smallest absolute Gasteiger partial charge is 0.119 e. The minimum atomic E-state index is 0.0911. The zero-order valence-electron chi connectivity index (χ0n) is 10.9. The fraction of sp³-hybridized carbons (Fsp3) is 0.571. The van der Waals surface area contributed by atoms with Gasteiger partial charge in [-0.25, -0.2) is 0 Å². The summed E-state index contributed by atoms with van der Waals surface area (Å²) in [5.74, 6) is 0.870. The topological polar surface area (TPSA) is 44.7 Å². The molecule has 18 heavy (non-hydrogen) atoms. The average Bonchev–Trinajstić information content (AvgIpc) is 2.43. The molecule has 4 nitrogen and oxygen atoms in total. The molecular weight excluding hydrogens is 228 g/mol. The van der Waals surface area contributed by atoms with Crippen molar-refractivity contribution < 1.29 is 9.84 Å². The predicted molar refractivity (Wildman–Crippen MR) is 72.0 cm³/mol. The zero-order chi connectivity index (χ0) is 12.8. The molecule has 1 aliphatic rings. The van der Waals surface area contributed by atoms with Crippen molar-refractivity contribution in [3.63, 3.8) is 0 Å². The highest BCUT2D eigenvalue weighted by Gasteiger charge is 2.20. The van der Waals surface area contributed by atoms with Crippen LogP contribution in [0.2, 0.25) is 0 Å². The van der Waals surface area contributed by atoms with Crippen molar-refractivity contribution in [3.8, 4) is 5.75 Å². The summed E-state index contributed by atoms with van der Waals surface area (Å²) in [4.78, 5) is 2.28. The van der Waals surface area contributed by atoms with E-state index in [1.165, 1.54) is 5.56 Å². The lowest BCUT2D eigenvalue weighted by Gasteiger charge is -2.33. The normalized spacial score (nSPS) is 18.6. The van der Waals surface area contributed by atoms with Crippen molar-refractivity contribution in [2.75, 3.05) is 39.4 Å². The minimum absolute atomic E-state index is 0.0911. The van der Waals surface area contributed by atoms with Crippen molar-refractivity contribution in [1.82, 2.24) is 10.2 Å². The van der Waals surface area contributed by atoms with Gasteiger partial charge in [-0.15, -0.1) is 0 Å². The van der Waals surface area contributed by atoms with Crippen LogP contribution in [0.1, 0.15) is 5.56 Å². The molecule has 1 unspecified atom stereocenters. The van der Waals surface area contributed by atoms with Crippen LogP contribution in [0.5, 0.6) is 5.75 Å². The van der Waals surface area contributed by atoms with Crippen molar-refractivity contribution in [2.24, 2.45) is 0 Å². The number of rotatable bonds is 5. The van der Waals surface area contributed by atoms with Gasteiger partial charge in [0.2, 0.25) is 0 Å². The number of aliphatic hydroxyl groups is 1. The minimum Gasteiger partial charge on any atom is -0.492 e. The lowest BCUT2D eigenvalue weighted by atomic mass is 10.2. The van der Waals surface area contributed by atoms with Gasteiger partial charge in [-0.1, -0.05) is 17.7 Å². The Morgan fingerprint density at radius 2 is 1.94 bits per heavy atom. The van der Waals surface area contributed by atoms with Gasteiger partial charge >= 0.3 is 0 Å². The Kier molecular flexibility index (Phi) is 4.99. The number of piperazine rings is 1. The number of hydrogen-bond acceptors (Lipinski definition) is 4. The fourth-order valence-corrected chi connectivity index (χ4v) is 2.15. The predicted octanol–water partition coefficient (Wildman–Crippen LogP) is 0.640. The summed E-state index contributed by atoms with van der Waals surface area (Å²) < 4.78 is 5.75. The third-order valence-corrected chi connectivity index (χ3v) is 3.34. The molecule has 0 amide bonds. The van der Waals surface area contributed by atoms with Gasteiger partial charge in [-0.2, -0.15) is 0 Å². The van der Waals surface area contributed by atoms with Gasteiger partial charge in [-0.05, 0) is 19.1 Å². The number of aryl methyl sites for hydroxylation is 1. The number of benzene rings is 1. The maximum Gasteiger partial charge on any atom is 0.119 e. The molecule has 1 aromatic rings. The summed E-state index contributed by atoms with van der Waals surface area (Å²) in [6.45, 7) is 6.67. The van der Waals surface area contributed by atoms with Crippen LogP contribution in [-0.2, 0) is 0 Å². The lowest BCUT2D eigenvalue weighted by molar-refractivity contribution is 0.0735. The van der Waals surface area contributed by atoms with Crippen LogP contribution in [0.4, 0.5) is 0 Å². The molecule has 1 saturated heterocycles. The summed E-state index contributed by atoms with van der Waals surface area (Å²) in [5, 5.41) is 12.8. The third-order valence-electron chi connectivity index (χ3n) is 3.34. The number of nitrogens with one attached hydrogen (secondary N) is 1. The van der Waals surface area contributed by atoms with Crippen molar-refractivity contribution in [3.05, 3.63) is 29.8 Å². The van der Waals surface area contributed by atoms with Crippen LogP contribution in [-0.4, -0.2) is 55.4 Å². The van der Waals surface area contributed by atoms with E-state index in [4.69, 9.17) is 4.74 Å². The van der Waals surface area contributed by atoms with Crippen LogP contribution in [0, 0.1) is 6.92 Å². The van der Waals surface area contributed by atoms with Crippen molar-refractivity contribution >= 4 is 0 Å². The Labute approximate surface area is 109 Å². The highest BCUT2D eigenvalue weighted by Crippen LogP contribution is 2.12. The molecule has 4 heteroatoms. The second-order valence-corrected chi connectivity index (χ2v) is 4.75. The summed E-state index contributed by atoms with van der Waals surface area (Å²) in [6.07, 6.45) is 0. The summed E-state index contributed by atoms with van der Waals surface area (Å²) in [7, 11) is 0. The van der Waals surface area contributed by atoms with E-state index in [0.29, 0.717) is 6.61 Å². The van der Waals surface area contributed by atoms with Crippen LogP contribution in [0.3, 0.4) is 0 Å². The van der Waals surface area contributed by atoms with Gasteiger partial charge in [-0.3, -0.25) is 4.90 Å². The van der Waals surface area contributed by atoms with Gasteiger partial charge in [0.05, 0.1) is 12.6 Å². The van der Waals surface area contributed by atoms with Gasteiger partial charge in [0, 0.05) is 26.2 Å². The number of nitrogens with zero attached hydrogens (tertiary/aromatic N) is 1. The highest BCUT2D eigenvalue weighted by molar-refractivity contribution is 5.26. The maximum absolute atomic E-state index is 9.46. The standard InChI is InChI=1S/C14H22N2O2/c1-12-2-4-14(5-3-12)18-11-13(10-17)16-8-6-15-7-9-16/h2-5,13,15,17H,6-11H2,1H3. The summed E-state index contributed by atoms with van der Waals surface area (Å²) in [6, 6.07) is 8.11. The van der Waals surface area contributed by atoms with E-state index in [1.54, 1.807) is 0 Å². The molecule has 0 aromatic heterocycles. The van der Waals surface area contributed by atoms with E-state index >= 15 is 0 Å². The Morgan fingerprint density at radius 3 is 2.56 bits per heavy atom. The van der Waals surface area contributed by atoms with E-state index < -0.39 is 0 Å². The molecule has 1 fully saturated rings. The molecule has 1 heterocycles. The molecule has 2 rings (SSSR count). The van der Waals surface area contributed by atoms with Crippen LogP contribution < -0.4 is 10.1 Å². The monoisotopic (exact) mass is 250 g/mol. The first kappa shape index (κ1) is 13.3. The van der Waals surface area contributed by atoms with Gasteiger partial charge in [0.1, 0.15) is 12.4 Å². The Bertz CT molecular complexity index is 347. The Balaban J connectivity index is 1.84.